The van der Waals surface area contributed by atoms with Gasteiger partial charge in [0.1, 0.15) is 42.0 Å². The van der Waals surface area contributed by atoms with E-state index in [2.05, 4.69) is 5.32 Å². The van der Waals surface area contributed by atoms with Gasteiger partial charge in [-0.3, -0.25) is 4.79 Å². The number of amides is 1. The van der Waals surface area contributed by atoms with Gasteiger partial charge < -0.3 is 35.2 Å². The van der Waals surface area contributed by atoms with Crippen LogP contribution in [-0.4, -0.2) is 64.4 Å². The summed E-state index contributed by atoms with van der Waals surface area (Å²) in [4.78, 5) is 11.8. The van der Waals surface area contributed by atoms with E-state index in [-0.39, 0.29) is 5.91 Å². The fraction of sp³-hybridized carbons (Fsp3) is 0.350. The third kappa shape index (κ3) is 4.16. The topological polar surface area (TPSA) is 128 Å². The predicted octanol–water partition coefficient (Wildman–Crippen LogP) is 0.353. The molecule has 0 aromatic heterocycles. The maximum absolute atomic E-state index is 11.8. The molecule has 2 aromatic carbocycles. The Hall–Kier alpha value is -2.49. The summed E-state index contributed by atoms with van der Waals surface area (Å²) in [5, 5.41) is 42.0. The Kier molecular flexibility index (Phi) is 6.28. The van der Waals surface area contributed by atoms with Crippen LogP contribution in [0.3, 0.4) is 0 Å². The minimum atomic E-state index is -1.45. The first-order valence-electron chi connectivity index (χ1n) is 8.85. The van der Waals surface area contributed by atoms with E-state index in [1.807, 2.05) is 0 Å². The molecule has 0 radical (unpaired) electrons. The Morgan fingerprint density at radius 1 is 1.04 bits per heavy atom. The lowest BCUT2D eigenvalue weighted by Crippen LogP contribution is -2.55. The highest BCUT2D eigenvalue weighted by Crippen LogP contribution is 2.34. The maximum atomic E-state index is 11.8. The van der Waals surface area contributed by atoms with E-state index in [0.717, 1.165) is 0 Å². The molecule has 1 amide bonds. The molecule has 5 atom stereocenters. The molecule has 2 aromatic rings. The molecule has 0 aliphatic carbocycles. The van der Waals surface area contributed by atoms with E-state index in [4.69, 9.17) is 9.47 Å². The van der Waals surface area contributed by atoms with Crippen molar-refractivity contribution in [2.45, 2.75) is 30.5 Å². The molecule has 150 valence electrons. The van der Waals surface area contributed by atoms with E-state index >= 15 is 0 Å². The van der Waals surface area contributed by atoms with Crippen molar-refractivity contribution < 1.29 is 34.7 Å². The van der Waals surface area contributed by atoms with Gasteiger partial charge in [0.2, 0.25) is 0 Å². The van der Waals surface area contributed by atoms with Gasteiger partial charge in [-0.2, -0.15) is 0 Å². The van der Waals surface area contributed by atoms with Gasteiger partial charge in [-0.25, -0.2) is 0 Å². The van der Waals surface area contributed by atoms with Crippen LogP contribution < -0.4 is 10.1 Å². The Morgan fingerprint density at radius 3 is 2.39 bits per heavy atom. The monoisotopic (exact) mass is 389 g/mol. The standard InChI is InChI=1S/C20H23NO7/c1-21-20(26)12-5-3-7-14(9-12)27-13-6-2-4-11(8-13)19-18(25)17(24)16(23)15(10-22)28-19/h2-9,15-19,22-25H,10H2,1H3,(H,21,26)/t15-,16-,17+,18+,19-/m1/s1. The lowest BCUT2D eigenvalue weighted by molar-refractivity contribution is -0.231. The molecule has 1 fully saturated rings. The van der Waals surface area contributed by atoms with Crippen molar-refractivity contribution in [1.29, 1.82) is 0 Å². The van der Waals surface area contributed by atoms with Crippen LogP contribution >= 0.6 is 0 Å². The summed E-state index contributed by atoms with van der Waals surface area (Å²) in [6.45, 7) is -0.496. The average molecular weight is 389 g/mol. The zero-order valence-corrected chi connectivity index (χ0v) is 15.2. The van der Waals surface area contributed by atoms with Gasteiger partial charge in [-0.15, -0.1) is 0 Å². The summed E-state index contributed by atoms with van der Waals surface area (Å²) in [7, 11) is 1.54. The summed E-state index contributed by atoms with van der Waals surface area (Å²) in [6.07, 6.45) is -6.18. The van der Waals surface area contributed by atoms with E-state index in [9.17, 15) is 25.2 Å². The second-order valence-electron chi connectivity index (χ2n) is 6.53. The summed E-state index contributed by atoms with van der Waals surface area (Å²) in [5.74, 6) is 0.649. The van der Waals surface area contributed by atoms with E-state index in [1.165, 1.54) is 0 Å². The number of rotatable bonds is 5. The van der Waals surface area contributed by atoms with Crippen LogP contribution in [0.2, 0.25) is 0 Å². The smallest absolute Gasteiger partial charge is 0.251 e. The number of benzene rings is 2. The number of hydrogen-bond acceptors (Lipinski definition) is 7. The van der Waals surface area contributed by atoms with Gasteiger partial charge >= 0.3 is 0 Å². The van der Waals surface area contributed by atoms with Gasteiger partial charge in [-0.1, -0.05) is 18.2 Å². The number of aliphatic hydroxyl groups is 4. The molecule has 8 heteroatoms. The highest BCUT2D eigenvalue weighted by atomic mass is 16.5. The van der Waals surface area contributed by atoms with Gasteiger partial charge in [0, 0.05) is 12.6 Å². The summed E-state index contributed by atoms with van der Waals surface area (Å²) in [6, 6.07) is 13.3. The van der Waals surface area contributed by atoms with Crippen LogP contribution in [0.5, 0.6) is 11.5 Å². The van der Waals surface area contributed by atoms with Crippen molar-refractivity contribution >= 4 is 5.91 Å². The molecule has 5 N–H and O–H groups in total. The van der Waals surface area contributed by atoms with Crippen LogP contribution in [-0.2, 0) is 4.74 Å². The maximum Gasteiger partial charge on any atom is 0.251 e. The average Bonchev–Trinajstić information content (AvgIpc) is 2.72. The van der Waals surface area contributed by atoms with Crippen LogP contribution in [0.1, 0.15) is 22.0 Å². The SMILES string of the molecule is CNC(=O)c1cccc(Oc2cccc([C@H]3O[C@H](CO)[C@@H](O)[C@H](O)[C@@H]3O)c2)c1. The number of hydrogen-bond donors (Lipinski definition) is 5. The molecule has 1 aliphatic heterocycles. The summed E-state index contributed by atoms with van der Waals surface area (Å²) >= 11 is 0. The third-order valence-electron chi connectivity index (χ3n) is 4.64. The number of aliphatic hydroxyl groups excluding tert-OH is 4. The lowest BCUT2D eigenvalue weighted by atomic mass is 9.91. The predicted molar refractivity (Wildman–Crippen MR) is 99.1 cm³/mol. The van der Waals surface area contributed by atoms with E-state index in [1.54, 1.807) is 55.6 Å². The molecular weight excluding hydrogens is 366 g/mol. The van der Waals surface area contributed by atoms with Crippen LogP contribution in [0, 0.1) is 0 Å². The first-order chi connectivity index (χ1) is 13.4. The zero-order chi connectivity index (χ0) is 20.3. The van der Waals surface area contributed by atoms with Crippen molar-refractivity contribution in [3.63, 3.8) is 0 Å². The molecule has 0 bridgehead atoms. The van der Waals surface area contributed by atoms with Crippen molar-refractivity contribution in [3.05, 3.63) is 59.7 Å². The van der Waals surface area contributed by atoms with Crippen LogP contribution in [0.25, 0.3) is 0 Å². The number of ether oxygens (including phenoxy) is 2. The first-order valence-corrected chi connectivity index (χ1v) is 8.85. The fourth-order valence-corrected chi connectivity index (χ4v) is 3.11. The fourth-order valence-electron chi connectivity index (χ4n) is 3.11. The Labute approximate surface area is 162 Å². The highest BCUT2D eigenvalue weighted by Gasteiger charge is 2.43. The van der Waals surface area contributed by atoms with Crippen molar-refractivity contribution in [2.24, 2.45) is 0 Å². The Balaban J connectivity index is 1.82. The number of carbonyl (C=O) groups is 1. The molecule has 1 aliphatic rings. The first kappa shape index (κ1) is 20.2. The summed E-state index contributed by atoms with van der Waals surface area (Å²) < 4.78 is 11.4. The summed E-state index contributed by atoms with van der Waals surface area (Å²) in [5.41, 5.74) is 0.960. The molecule has 1 heterocycles. The van der Waals surface area contributed by atoms with Crippen molar-refractivity contribution in [3.8, 4) is 11.5 Å². The van der Waals surface area contributed by atoms with E-state index < -0.39 is 37.1 Å². The minimum absolute atomic E-state index is 0.236. The Bertz CT molecular complexity index is 826. The minimum Gasteiger partial charge on any atom is -0.457 e. The molecule has 0 spiro atoms. The largest absolute Gasteiger partial charge is 0.457 e. The molecule has 1 saturated heterocycles. The molecule has 0 unspecified atom stereocenters. The molecular formula is C20H23NO7. The Morgan fingerprint density at radius 2 is 1.71 bits per heavy atom. The molecule has 3 rings (SSSR count). The van der Waals surface area contributed by atoms with Gasteiger partial charge in [0.15, 0.2) is 0 Å². The van der Waals surface area contributed by atoms with Crippen molar-refractivity contribution in [2.75, 3.05) is 13.7 Å². The number of nitrogens with one attached hydrogen (secondary N) is 1. The zero-order valence-electron chi connectivity index (χ0n) is 15.2. The van der Waals surface area contributed by atoms with Gasteiger partial charge in [0.25, 0.3) is 5.91 Å². The van der Waals surface area contributed by atoms with Gasteiger partial charge in [-0.05, 0) is 35.9 Å². The number of carbonyl (C=O) groups excluding carboxylic acids is 1. The van der Waals surface area contributed by atoms with Crippen LogP contribution in [0.15, 0.2) is 48.5 Å². The van der Waals surface area contributed by atoms with Crippen molar-refractivity contribution in [1.82, 2.24) is 5.32 Å². The lowest BCUT2D eigenvalue weighted by Gasteiger charge is -2.40. The molecule has 28 heavy (non-hydrogen) atoms. The van der Waals surface area contributed by atoms with Gasteiger partial charge in [0.05, 0.1) is 6.61 Å². The normalized spacial score (nSPS) is 27.2. The second-order valence-corrected chi connectivity index (χ2v) is 6.53. The second kappa shape index (κ2) is 8.68. The third-order valence-corrected chi connectivity index (χ3v) is 4.64. The quantitative estimate of drug-likeness (QED) is 0.499. The van der Waals surface area contributed by atoms with Crippen LogP contribution in [0.4, 0.5) is 0 Å². The van der Waals surface area contributed by atoms with E-state index in [0.29, 0.717) is 22.6 Å². The molecule has 0 saturated carbocycles. The highest BCUT2D eigenvalue weighted by molar-refractivity contribution is 5.94. The molecule has 8 nitrogen and oxygen atoms in total.